The zero-order valence-corrected chi connectivity index (χ0v) is 19.4. The number of fused-ring (bicyclic) bond motifs is 1. The predicted octanol–water partition coefficient (Wildman–Crippen LogP) is 1.52. The molecule has 3 heterocycles. The minimum Gasteiger partial charge on any atom is -0.463 e. The van der Waals surface area contributed by atoms with Crippen LogP contribution in [-0.4, -0.2) is 68.1 Å². The third-order valence-electron chi connectivity index (χ3n) is 5.29. The van der Waals surface area contributed by atoms with Crippen LogP contribution >= 0.6 is 0 Å². The van der Waals surface area contributed by atoms with Crippen molar-refractivity contribution >= 4 is 34.9 Å². The molecular formula is C23H21FN4O8. The summed E-state index contributed by atoms with van der Waals surface area (Å²) in [4.78, 5) is 60.5. The van der Waals surface area contributed by atoms with Gasteiger partial charge in [-0.2, -0.15) is 0 Å². The molecule has 0 spiro atoms. The second-order valence-corrected chi connectivity index (χ2v) is 7.90. The zero-order chi connectivity index (χ0) is 26.0. The average molecular weight is 500 g/mol. The molecule has 13 heteroatoms. The van der Waals surface area contributed by atoms with E-state index in [4.69, 9.17) is 18.9 Å². The van der Waals surface area contributed by atoms with Gasteiger partial charge in [-0.1, -0.05) is 0 Å². The first kappa shape index (κ1) is 24.9. The van der Waals surface area contributed by atoms with E-state index in [2.05, 4.69) is 15.0 Å². The lowest BCUT2D eigenvalue weighted by Gasteiger charge is -2.23. The Labute approximate surface area is 203 Å². The highest BCUT2D eigenvalue weighted by Crippen LogP contribution is 2.36. The number of imidazole rings is 1. The van der Waals surface area contributed by atoms with Crippen LogP contribution in [0.4, 0.5) is 4.39 Å². The Hall–Kier alpha value is -4.26. The van der Waals surface area contributed by atoms with Crippen molar-refractivity contribution in [2.75, 3.05) is 6.61 Å². The average Bonchev–Trinajstić information content (AvgIpc) is 3.38. The maximum absolute atomic E-state index is 13.3. The van der Waals surface area contributed by atoms with E-state index in [1.165, 1.54) is 43.8 Å². The number of hydrogen-bond donors (Lipinski definition) is 0. The number of halogens is 1. The lowest BCUT2D eigenvalue weighted by molar-refractivity contribution is -0.166. The Bertz CT molecular complexity index is 1330. The molecule has 0 bridgehead atoms. The van der Waals surface area contributed by atoms with Gasteiger partial charge in [0, 0.05) is 26.3 Å². The summed E-state index contributed by atoms with van der Waals surface area (Å²) in [6.45, 7) is 3.28. The predicted molar refractivity (Wildman–Crippen MR) is 117 cm³/mol. The molecule has 3 aromatic rings. The molecule has 4 atom stereocenters. The van der Waals surface area contributed by atoms with Crippen LogP contribution in [0.2, 0.25) is 0 Å². The van der Waals surface area contributed by atoms with Crippen molar-refractivity contribution in [2.24, 2.45) is 0 Å². The summed E-state index contributed by atoms with van der Waals surface area (Å²) in [7, 11) is 0. The minimum atomic E-state index is -1.16. The molecule has 36 heavy (non-hydrogen) atoms. The van der Waals surface area contributed by atoms with Crippen LogP contribution in [0.25, 0.3) is 11.2 Å². The van der Waals surface area contributed by atoms with Gasteiger partial charge in [0.1, 0.15) is 36.1 Å². The van der Waals surface area contributed by atoms with Gasteiger partial charge in [0.05, 0.1) is 6.33 Å². The highest BCUT2D eigenvalue weighted by Gasteiger charge is 2.51. The van der Waals surface area contributed by atoms with Gasteiger partial charge >= 0.3 is 17.9 Å². The lowest BCUT2D eigenvalue weighted by Crippen LogP contribution is -2.40. The van der Waals surface area contributed by atoms with E-state index in [1.807, 2.05) is 0 Å². The lowest BCUT2D eigenvalue weighted by atomic mass is 10.1. The molecule has 1 fully saturated rings. The first-order chi connectivity index (χ1) is 17.2. The van der Waals surface area contributed by atoms with Crippen molar-refractivity contribution in [3.05, 3.63) is 54.0 Å². The molecule has 1 aliphatic heterocycles. The van der Waals surface area contributed by atoms with Gasteiger partial charge in [-0.05, 0) is 24.3 Å². The Morgan fingerprint density at radius 1 is 0.944 bits per heavy atom. The van der Waals surface area contributed by atoms with Gasteiger partial charge in [-0.3, -0.25) is 23.7 Å². The molecular weight excluding hydrogens is 479 g/mol. The zero-order valence-electron chi connectivity index (χ0n) is 19.4. The van der Waals surface area contributed by atoms with Crippen molar-refractivity contribution in [3.63, 3.8) is 0 Å². The van der Waals surface area contributed by atoms with Crippen molar-refractivity contribution in [3.8, 4) is 0 Å². The third kappa shape index (κ3) is 5.05. The monoisotopic (exact) mass is 500 g/mol. The van der Waals surface area contributed by atoms with Crippen LogP contribution in [0.3, 0.4) is 0 Å². The number of carbonyl (C=O) groups excluding carboxylic acids is 4. The van der Waals surface area contributed by atoms with Crippen molar-refractivity contribution < 1.29 is 42.5 Å². The van der Waals surface area contributed by atoms with E-state index in [0.29, 0.717) is 0 Å². The van der Waals surface area contributed by atoms with E-state index >= 15 is 0 Å². The summed E-state index contributed by atoms with van der Waals surface area (Å²) in [6, 6.07) is 4.95. The number of ketones is 1. The Morgan fingerprint density at radius 3 is 2.25 bits per heavy atom. The van der Waals surface area contributed by atoms with E-state index in [9.17, 15) is 23.6 Å². The van der Waals surface area contributed by atoms with Gasteiger partial charge in [-0.15, -0.1) is 0 Å². The summed E-state index contributed by atoms with van der Waals surface area (Å²) < 4.78 is 36.5. The minimum absolute atomic E-state index is 0.0413. The summed E-state index contributed by atoms with van der Waals surface area (Å²) in [6.07, 6.45) is -1.90. The van der Waals surface area contributed by atoms with Crippen LogP contribution in [0.5, 0.6) is 0 Å². The highest BCUT2D eigenvalue weighted by atomic mass is 19.1. The van der Waals surface area contributed by atoms with Crippen LogP contribution < -0.4 is 0 Å². The fourth-order valence-electron chi connectivity index (χ4n) is 3.86. The molecule has 0 N–H and O–H groups in total. The topological polar surface area (TPSA) is 149 Å². The number of benzene rings is 1. The highest BCUT2D eigenvalue weighted by molar-refractivity contribution is 6.13. The number of hydrogen-bond acceptors (Lipinski definition) is 11. The van der Waals surface area contributed by atoms with E-state index in [0.717, 1.165) is 18.5 Å². The van der Waals surface area contributed by atoms with Gasteiger partial charge < -0.3 is 18.9 Å². The molecule has 1 aliphatic rings. The molecule has 188 valence electrons. The molecule has 0 aliphatic carbocycles. The molecule has 1 aromatic carbocycles. The molecule has 2 aromatic heterocycles. The molecule has 12 nitrogen and oxygen atoms in total. The molecule has 0 radical (unpaired) electrons. The maximum Gasteiger partial charge on any atom is 0.303 e. The number of carbonyl (C=O) groups is 4. The van der Waals surface area contributed by atoms with Gasteiger partial charge in [0.2, 0.25) is 5.78 Å². The second kappa shape index (κ2) is 10.2. The SMILES string of the molecule is CC(=O)OC[C@H]1O[C@@H](n2cnc3c(C(=O)c4ccc(F)cc4)ncnc32)[C@H](OC(C)=O)[C@@H]1OC(C)=O. The largest absolute Gasteiger partial charge is 0.463 e. The Balaban J connectivity index is 1.74. The Morgan fingerprint density at radius 2 is 1.61 bits per heavy atom. The standard InChI is InChI=1S/C23H21FN4O8/c1-11(29)33-8-16-20(34-12(2)30)21(35-13(3)31)23(36-16)28-10-27-18-17(25-9-26-22(18)28)19(32)14-4-6-15(24)7-5-14/h4-7,9-10,16,20-21,23H,8H2,1-3H3/t16-,20-,21-,23-/m1/s1. The fourth-order valence-corrected chi connectivity index (χ4v) is 3.86. The molecule has 0 saturated carbocycles. The summed E-state index contributed by atoms with van der Waals surface area (Å²) in [5.41, 5.74) is 0.425. The second-order valence-electron chi connectivity index (χ2n) is 7.90. The molecule has 1 saturated heterocycles. The summed E-state index contributed by atoms with van der Waals surface area (Å²) in [5.74, 6) is -2.94. The number of ether oxygens (including phenoxy) is 4. The van der Waals surface area contributed by atoms with Gasteiger partial charge in [0.25, 0.3) is 0 Å². The van der Waals surface area contributed by atoms with Crippen molar-refractivity contribution in [1.82, 2.24) is 19.5 Å². The van der Waals surface area contributed by atoms with Crippen LogP contribution in [0.15, 0.2) is 36.9 Å². The molecule has 0 amide bonds. The number of rotatable bonds is 7. The van der Waals surface area contributed by atoms with E-state index in [1.54, 1.807) is 0 Å². The van der Waals surface area contributed by atoms with Crippen LogP contribution in [0.1, 0.15) is 43.1 Å². The number of esters is 3. The van der Waals surface area contributed by atoms with Crippen LogP contribution in [-0.2, 0) is 33.3 Å². The quantitative estimate of drug-likeness (QED) is 0.264. The van der Waals surface area contributed by atoms with Crippen molar-refractivity contribution in [2.45, 2.75) is 45.3 Å². The molecule has 4 rings (SSSR count). The smallest absolute Gasteiger partial charge is 0.303 e. The normalized spacial score (nSPS) is 21.2. The molecule has 0 unspecified atom stereocenters. The summed E-state index contributed by atoms with van der Waals surface area (Å²) in [5, 5.41) is 0. The van der Waals surface area contributed by atoms with E-state index in [-0.39, 0.29) is 29.0 Å². The van der Waals surface area contributed by atoms with Gasteiger partial charge in [-0.25, -0.2) is 19.3 Å². The van der Waals surface area contributed by atoms with Crippen molar-refractivity contribution in [1.29, 1.82) is 0 Å². The van der Waals surface area contributed by atoms with E-state index < -0.39 is 54.0 Å². The first-order valence-corrected chi connectivity index (χ1v) is 10.8. The van der Waals surface area contributed by atoms with Crippen LogP contribution in [0, 0.1) is 5.82 Å². The fraction of sp³-hybridized carbons (Fsp3) is 0.348. The number of nitrogens with zero attached hydrogens (tertiary/aromatic N) is 4. The third-order valence-corrected chi connectivity index (χ3v) is 5.29. The number of aromatic nitrogens is 4. The Kier molecular flexibility index (Phi) is 7.01. The van der Waals surface area contributed by atoms with Gasteiger partial charge in [0.15, 0.2) is 24.1 Å². The maximum atomic E-state index is 13.3. The first-order valence-electron chi connectivity index (χ1n) is 10.8. The summed E-state index contributed by atoms with van der Waals surface area (Å²) >= 11 is 0.